The minimum Gasteiger partial charge on any atom is -0.493 e. The first-order chi connectivity index (χ1) is 18.0. The van der Waals surface area contributed by atoms with Crippen molar-refractivity contribution in [3.05, 3.63) is 30.1 Å². The highest BCUT2D eigenvalue weighted by molar-refractivity contribution is 7.92. The maximum Gasteiger partial charge on any atom is 0.282 e. The van der Waals surface area contributed by atoms with Crippen molar-refractivity contribution < 1.29 is 31.8 Å². The molecule has 38 heavy (non-hydrogen) atoms. The standard InChI is InChI=1S/C24H30F2N6O5S/c1-37-19-3-2-16(28-21(19)32-14-24(25,26)15-32)22(34)29-17-13-27-20(30-38(35,36)11-10-33)12-18(17)31-8-6-23(4-5-23)7-9-31/h2-3,12-13,33H,4-11,14-15H2,1H3,(H,27,30)(H,29,34). The number of anilines is 4. The molecular formula is C24H30F2N6O5S. The van der Waals surface area contributed by atoms with Crippen LogP contribution >= 0.6 is 0 Å². The lowest BCUT2D eigenvalue weighted by Gasteiger charge is -2.40. The first kappa shape index (κ1) is 26.4. The number of amides is 1. The van der Waals surface area contributed by atoms with Crippen molar-refractivity contribution in [2.45, 2.75) is 31.6 Å². The van der Waals surface area contributed by atoms with E-state index in [0.717, 1.165) is 25.9 Å². The molecule has 1 spiro atoms. The molecule has 5 rings (SSSR count). The second kappa shape index (κ2) is 9.80. The Morgan fingerprint density at radius 2 is 1.87 bits per heavy atom. The number of rotatable bonds is 9. The predicted molar refractivity (Wildman–Crippen MR) is 138 cm³/mol. The zero-order chi connectivity index (χ0) is 27.1. The number of pyridine rings is 2. The van der Waals surface area contributed by atoms with Crippen molar-refractivity contribution >= 4 is 38.9 Å². The molecule has 3 aliphatic rings. The number of aliphatic hydroxyl groups excluding tert-OH is 1. The Morgan fingerprint density at radius 1 is 1.16 bits per heavy atom. The van der Waals surface area contributed by atoms with E-state index >= 15 is 0 Å². The average Bonchev–Trinajstić information content (AvgIpc) is 3.61. The molecular weight excluding hydrogens is 522 g/mol. The normalized spacial score (nSPS) is 19.6. The van der Waals surface area contributed by atoms with Gasteiger partial charge in [-0.15, -0.1) is 0 Å². The fraction of sp³-hybridized carbons (Fsp3) is 0.542. The third-order valence-corrected chi connectivity index (χ3v) is 8.55. The maximum absolute atomic E-state index is 13.5. The number of halogens is 2. The summed E-state index contributed by atoms with van der Waals surface area (Å²) in [5.74, 6) is -3.36. The number of carbonyl (C=O) groups excluding carboxylic acids is 1. The summed E-state index contributed by atoms with van der Waals surface area (Å²) in [6, 6.07) is 4.51. The van der Waals surface area contributed by atoms with Crippen molar-refractivity contribution in [1.29, 1.82) is 0 Å². The van der Waals surface area contributed by atoms with Crippen molar-refractivity contribution in [2.75, 3.05) is 65.5 Å². The lowest BCUT2D eigenvalue weighted by Crippen LogP contribution is -2.56. The van der Waals surface area contributed by atoms with Crippen LogP contribution in [0.3, 0.4) is 0 Å². The Balaban J connectivity index is 1.40. The number of piperidine rings is 1. The molecule has 3 N–H and O–H groups in total. The van der Waals surface area contributed by atoms with Gasteiger partial charge in [-0.2, -0.15) is 0 Å². The van der Waals surface area contributed by atoms with E-state index < -0.39 is 47.3 Å². The fourth-order valence-corrected chi connectivity index (χ4v) is 5.66. The summed E-state index contributed by atoms with van der Waals surface area (Å²) >= 11 is 0. The van der Waals surface area contributed by atoms with Crippen LogP contribution in [0.15, 0.2) is 24.4 Å². The smallest absolute Gasteiger partial charge is 0.282 e. The summed E-state index contributed by atoms with van der Waals surface area (Å²) in [5.41, 5.74) is 1.36. The molecule has 0 bridgehead atoms. The van der Waals surface area contributed by atoms with Gasteiger partial charge in [-0.05, 0) is 43.2 Å². The van der Waals surface area contributed by atoms with Crippen LogP contribution in [0.1, 0.15) is 36.2 Å². The molecule has 2 aromatic rings. The Hall–Kier alpha value is -3.26. The van der Waals surface area contributed by atoms with Gasteiger partial charge in [0.15, 0.2) is 11.6 Å². The van der Waals surface area contributed by atoms with Gasteiger partial charge in [0.1, 0.15) is 11.5 Å². The van der Waals surface area contributed by atoms with E-state index in [1.54, 1.807) is 6.07 Å². The topological polar surface area (TPSA) is 137 Å². The molecule has 11 nitrogen and oxygen atoms in total. The van der Waals surface area contributed by atoms with Crippen molar-refractivity contribution in [2.24, 2.45) is 5.41 Å². The molecule has 4 heterocycles. The summed E-state index contributed by atoms with van der Waals surface area (Å²) in [5, 5.41) is 11.8. The van der Waals surface area contributed by atoms with Crippen molar-refractivity contribution in [1.82, 2.24) is 9.97 Å². The third-order valence-electron chi connectivity index (χ3n) is 7.31. The first-order valence-electron chi connectivity index (χ1n) is 12.4. The molecule has 2 aliphatic heterocycles. The number of aliphatic hydroxyl groups is 1. The fourth-order valence-electron chi connectivity index (χ4n) is 4.88. The summed E-state index contributed by atoms with van der Waals surface area (Å²) in [7, 11) is -2.39. The van der Waals surface area contributed by atoms with E-state index in [4.69, 9.17) is 9.84 Å². The van der Waals surface area contributed by atoms with Gasteiger partial charge in [-0.25, -0.2) is 27.2 Å². The lowest BCUT2D eigenvalue weighted by atomic mass is 9.93. The van der Waals surface area contributed by atoms with Gasteiger partial charge in [0.25, 0.3) is 11.8 Å². The van der Waals surface area contributed by atoms with Crippen LogP contribution in [0.25, 0.3) is 0 Å². The number of methoxy groups -OCH3 is 1. The monoisotopic (exact) mass is 552 g/mol. The van der Waals surface area contributed by atoms with E-state index in [2.05, 4.69) is 24.9 Å². The first-order valence-corrected chi connectivity index (χ1v) is 14.0. The van der Waals surface area contributed by atoms with E-state index in [1.165, 1.54) is 43.2 Å². The molecule has 0 aromatic carbocycles. The Labute approximate surface area is 219 Å². The van der Waals surface area contributed by atoms with Crippen LogP contribution in [0.2, 0.25) is 0 Å². The lowest BCUT2D eigenvalue weighted by molar-refractivity contribution is -0.0269. The van der Waals surface area contributed by atoms with Gasteiger partial charge >= 0.3 is 0 Å². The maximum atomic E-state index is 13.5. The van der Waals surface area contributed by atoms with Crippen LogP contribution in [-0.2, 0) is 10.0 Å². The zero-order valence-corrected chi connectivity index (χ0v) is 21.7. The van der Waals surface area contributed by atoms with Gasteiger partial charge in [0, 0.05) is 19.2 Å². The van der Waals surface area contributed by atoms with Gasteiger partial charge in [0.05, 0.1) is 50.1 Å². The molecule has 1 amide bonds. The number of nitrogens with zero attached hydrogens (tertiary/aromatic N) is 4. The van der Waals surface area contributed by atoms with Crippen molar-refractivity contribution in [3.63, 3.8) is 0 Å². The second-order valence-electron chi connectivity index (χ2n) is 10.1. The van der Waals surface area contributed by atoms with E-state index in [0.29, 0.717) is 16.8 Å². The minimum absolute atomic E-state index is 0.00488. The average molecular weight is 553 g/mol. The molecule has 2 saturated heterocycles. The van der Waals surface area contributed by atoms with Crippen LogP contribution < -0.4 is 24.6 Å². The molecule has 14 heteroatoms. The van der Waals surface area contributed by atoms with Crippen molar-refractivity contribution in [3.8, 4) is 5.75 Å². The predicted octanol–water partition coefficient (Wildman–Crippen LogP) is 2.31. The number of hydrogen-bond acceptors (Lipinski definition) is 9. The van der Waals surface area contributed by atoms with Gasteiger partial charge in [-0.1, -0.05) is 0 Å². The molecule has 3 fully saturated rings. The highest BCUT2D eigenvalue weighted by atomic mass is 32.2. The number of hydrogen-bond donors (Lipinski definition) is 3. The largest absolute Gasteiger partial charge is 0.493 e. The van der Waals surface area contributed by atoms with E-state index in [-0.39, 0.29) is 23.1 Å². The number of sulfonamides is 1. The minimum atomic E-state index is -3.79. The van der Waals surface area contributed by atoms with Gasteiger partial charge < -0.3 is 25.0 Å². The summed E-state index contributed by atoms with van der Waals surface area (Å²) in [6.45, 7) is -0.0801. The molecule has 1 aliphatic carbocycles. The molecule has 2 aromatic heterocycles. The van der Waals surface area contributed by atoms with Crippen LogP contribution in [-0.4, -0.2) is 81.0 Å². The van der Waals surface area contributed by atoms with Crippen LogP contribution in [0.4, 0.5) is 31.8 Å². The summed E-state index contributed by atoms with van der Waals surface area (Å²) < 4.78 is 58.9. The Morgan fingerprint density at radius 3 is 2.47 bits per heavy atom. The van der Waals surface area contributed by atoms with E-state index in [9.17, 15) is 22.0 Å². The SMILES string of the molecule is COc1ccc(C(=O)Nc2cnc(NS(=O)(=O)CCO)cc2N2CCC3(CC2)CC3)nc1N1CC(F)(F)C1. The third kappa shape index (κ3) is 5.60. The molecule has 206 valence electrons. The van der Waals surface area contributed by atoms with Gasteiger partial charge in [-0.3, -0.25) is 9.52 Å². The number of ether oxygens (including phenoxy) is 1. The summed E-state index contributed by atoms with van der Waals surface area (Å²) in [4.78, 5) is 25.1. The summed E-state index contributed by atoms with van der Waals surface area (Å²) in [6.07, 6.45) is 5.78. The number of nitrogens with one attached hydrogen (secondary N) is 2. The molecule has 0 atom stereocenters. The number of alkyl halides is 2. The van der Waals surface area contributed by atoms with Crippen LogP contribution in [0, 0.1) is 5.41 Å². The quantitative estimate of drug-likeness (QED) is 0.428. The van der Waals surface area contributed by atoms with Crippen LogP contribution in [0.5, 0.6) is 5.75 Å². The Bertz CT molecular complexity index is 1320. The highest BCUT2D eigenvalue weighted by Gasteiger charge is 2.46. The van der Waals surface area contributed by atoms with Gasteiger partial charge in [0.2, 0.25) is 10.0 Å². The van der Waals surface area contributed by atoms with E-state index in [1.807, 2.05) is 0 Å². The zero-order valence-electron chi connectivity index (χ0n) is 20.9. The molecule has 0 radical (unpaired) electrons. The number of carbonyl (C=O) groups is 1. The number of aromatic nitrogens is 2. The second-order valence-corrected chi connectivity index (χ2v) is 11.9. The molecule has 0 unspecified atom stereocenters. The molecule has 1 saturated carbocycles. The Kier molecular flexibility index (Phi) is 6.80. The highest BCUT2D eigenvalue weighted by Crippen LogP contribution is 2.54.